The molecule has 1 aromatic heterocycles. The van der Waals surface area contributed by atoms with Gasteiger partial charge in [0.15, 0.2) is 4.67 Å². The third kappa shape index (κ3) is 2.32. The van der Waals surface area contributed by atoms with E-state index in [0.717, 1.165) is 19.4 Å². The fourth-order valence-corrected chi connectivity index (χ4v) is 2.59. The lowest BCUT2D eigenvalue weighted by Crippen LogP contribution is -2.38. The molecule has 0 radical (unpaired) electrons. The molecule has 0 aromatic carbocycles. The Balaban J connectivity index is 2.17. The van der Waals surface area contributed by atoms with E-state index in [1.807, 2.05) is 4.90 Å². The molecule has 3 nitrogen and oxygen atoms in total. The Morgan fingerprint density at radius 3 is 3.00 bits per heavy atom. The number of furan rings is 1. The summed E-state index contributed by atoms with van der Waals surface area (Å²) in [5.41, 5.74) is 0.633. The lowest BCUT2D eigenvalue weighted by Gasteiger charge is -2.26. The first-order chi connectivity index (χ1) is 7.70. The number of nitrogens with zero attached hydrogens (tertiary/aromatic N) is 1. The van der Waals surface area contributed by atoms with Crippen molar-refractivity contribution in [2.24, 2.45) is 0 Å². The molecule has 0 N–H and O–H groups in total. The normalized spacial score (nSPS) is 21.9. The van der Waals surface area contributed by atoms with Crippen LogP contribution in [0.4, 0.5) is 0 Å². The van der Waals surface area contributed by atoms with E-state index in [1.54, 1.807) is 12.3 Å². The number of carbonyl (C=O) groups is 1. The van der Waals surface area contributed by atoms with E-state index >= 15 is 0 Å². The summed E-state index contributed by atoms with van der Waals surface area (Å²) in [6, 6.07) is 2.06. The van der Waals surface area contributed by atoms with Crippen LogP contribution in [0.1, 0.15) is 43.0 Å². The molecule has 0 spiro atoms. The molecule has 0 saturated carbocycles. The quantitative estimate of drug-likeness (QED) is 0.792. The summed E-state index contributed by atoms with van der Waals surface area (Å²) in [6.07, 6.45) is 6.19. The molecular weight excluding hydrogens is 270 g/mol. The standard InChI is InChI=1S/C12H16BrNO2/c1-9-5-3-2-4-7-14(9)12(15)10-6-8-16-11(10)13/h6,8-9H,2-5,7H2,1H3. The number of likely N-dealkylation sites (tertiary alicyclic amines) is 1. The summed E-state index contributed by atoms with van der Waals surface area (Å²) in [4.78, 5) is 14.2. The largest absolute Gasteiger partial charge is 0.457 e. The summed E-state index contributed by atoms with van der Waals surface area (Å²) in [7, 11) is 0. The van der Waals surface area contributed by atoms with E-state index in [9.17, 15) is 4.79 Å². The van der Waals surface area contributed by atoms with Gasteiger partial charge in [-0.1, -0.05) is 12.8 Å². The average molecular weight is 286 g/mol. The molecule has 1 aliphatic rings. The molecule has 1 atom stereocenters. The minimum atomic E-state index is 0.0787. The van der Waals surface area contributed by atoms with Crippen molar-refractivity contribution in [3.63, 3.8) is 0 Å². The van der Waals surface area contributed by atoms with Crippen molar-refractivity contribution in [1.82, 2.24) is 4.90 Å². The Morgan fingerprint density at radius 1 is 1.50 bits per heavy atom. The molecule has 1 fully saturated rings. The Morgan fingerprint density at radius 2 is 2.31 bits per heavy atom. The van der Waals surface area contributed by atoms with E-state index in [2.05, 4.69) is 22.9 Å². The van der Waals surface area contributed by atoms with Crippen molar-refractivity contribution in [2.45, 2.75) is 38.6 Å². The van der Waals surface area contributed by atoms with Crippen LogP contribution in [0, 0.1) is 0 Å². The second-order valence-electron chi connectivity index (χ2n) is 4.30. The number of amides is 1. The fraction of sp³-hybridized carbons (Fsp3) is 0.583. The van der Waals surface area contributed by atoms with Crippen LogP contribution in [0.15, 0.2) is 21.4 Å². The third-order valence-corrected chi connectivity index (χ3v) is 3.78. The van der Waals surface area contributed by atoms with Gasteiger partial charge in [-0.05, 0) is 41.8 Å². The highest BCUT2D eigenvalue weighted by Gasteiger charge is 2.25. The molecule has 1 amide bonds. The van der Waals surface area contributed by atoms with Crippen LogP contribution in [0.5, 0.6) is 0 Å². The van der Waals surface area contributed by atoms with Gasteiger partial charge < -0.3 is 9.32 Å². The van der Waals surface area contributed by atoms with Crippen molar-refractivity contribution in [3.05, 3.63) is 22.6 Å². The van der Waals surface area contributed by atoms with Crippen LogP contribution in [-0.4, -0.2) is 23.4 Å². The molecule has 1 aromatic rings. The third-order valence-electron chi connectivity index (χ3n) is 3.16. The number of rotatable bonds is 1. The zero-order chi connectivity index (χ0) is 11.5. The molecule has 2 heterocycles. The molecule has 2 rings (SSSR count). The van der Waals surface area contributed by atoms with E-state index in [1.165, 1.54) is 12.8 Å². The fourth-order valence-electron chi connectivity index (χ4n) is 2.18. The van der Waals surface area contributed by atoms with Gasteiger partial charge in [-0.3, -0.25) is 4.79 Å². The van der Waals surface area contributed by atoms with Gasteiger partial charge in [-0.25, -0.2) is 0 Å². The molecule has 0 bridgehead atoms. The predicted octanol–water partition coefficient (Wildman–Crippen LogP) is 3.45. The lowest BCUT2D eigenvalue weighted by atomic mass is 10.1. The number of hydrogen-bond donors (Lipinski definition) is 0. The van der Waals surface area contributed by atoms with Gasteiger partial charge in [0.1, 0.15) is 0 Å². The van der Waals surface area contributed by atoms with Crippen LogP contribution in [0.3, 0.4) is 0 Å². The first-order valence-corrected chi connectivity index (χ1v) is 6.53. The lowest BCUT2D eigenvalue weighted by molar-refractivity contribution is 0.0696. The maximum absolute atomic E-state index is 12.3. The second kappa shape index (κ2) is 5.04. The van der Waals surface area contributed by atoms with Crippen LogP contribution in [0.2, 0.25) is 0 Å². The van der Waals surface area contributed by atoms with Crippen LogP contribution >= 0.6 is 15.9 Å². The van der Waals surface area contributed by atoms with Crippen molar-refractivity contribution >= 4 is 21.8 Å². The van der Waals surface area contributed by atoms with E-state index < -0.39 is 0 Å². The Hall–Kier alpha value is -0.770. The Bertz CT molecular complexity index is 375. The van der Waals surface area contributed by atoms with Crippen molar-refractivity contribution < 1.29 is 9.21 Å². The van der Waals surface area contributed by atoms with Crippen LogP contribution in [0.25, 0.3) is 0 Å². The molecule has 0 aliphatic carbocycles. The van der Waals surface area contributed by atoms with E-state index in [-0.39, 0.29) is 5.91 Å². The van der Waals surface area contributed by atoms with Crippen LogP contribution in [-0.2, 0) is 0 Å². The first-order valence-electron chi connectivity index (χ1n) is 5.74. The maximum atomic E-state index is 12.3. The highest BCUT2D eigenvalue weighted by molar-refractivity contribution is 9.10. The summed E-state index contributed by atoms with van der Waals surface area (Å²) >= 11 is 3.26. The predicted molar refractivity (Wildman–Crippen MR) is 65.4 cm³/mol. The first kappa shape index (κ1) is 11.7. The Kier molecular flexibility index (Phi) is 3.69. The molecule has 4 heteroatoms. The number of carbonyl (C=O) groups excluding carboxylic acids is 1. The van der Waals surface area contributed by atoms with Gasteiger partial charge in [-0.15, -0.1) is 0 Å². The molecule has 1 aliphatic heterocycles. The van der Waals surface area contributed by atoms with Gasteiger partial charge in [0.05, 0.1) is 11.8 Å². The Labute approximate surface area is 104 Å². The second-order valence-corrected chi connectivity index (χ2v) is 5.03. The number of halogens is 1. The van der Waals surface area contributed by atoms with Gasteiger partial charge in [0.2, 0.25) is 0 Å². The SMILES string of the molecule is CC1CCCCCN1C(=O)c1ccoc1Br. The van der Waals surface area contributed by atoms with Crippen molar-refractivity contribution in [3.8, 4) is 0 Å². The molecule has 1 unspecified atom stereocenters. The summed E-state index contributed by atoms with van der Waals surface area (Å²) < 4.78 is 5.65. The minimum absolute atomic E-state index is 0.0787. The molecule has 88 valence electrons. The van der Waals surface area contributed by atoms with Crippen molar-refractivity contribution in [2.75, 3.05) is 6.54 Å². The van der Waals surface area contributed by atoms with E-state index in [0.29, 0.717) is 16.3 Å². The van der Waals surface area contributed by atoms with Crippen LogP contribution < -0.4 is 0 Å². The molecular formula is C12H16BrNO2. The van der Waals surface area contributed by atoms with E-state index in [4.69, 9.17) is 4.42 Å². The summed E-state index contributed by atoms with van der Waals surface area (Å²) in [5.74, 6) is 0.0787. The maximum Gasteiger partial charge on any atom is 0.258 e. The van der Waals surface area contributed by atoms with Crippen molar-refractivity contribution in [1.29, 1.82) is 0 Å². The topological polar surface area (TPSA) is 33.5 Å². The van der Waals surface area contributed by atoms with Gasteiger partial charge in [-0.2, -0.15) is 0 Å². The monoisotopic (exact) mass is 285 g/mol. The zero-order valence-corrected chi connectivity index (χ0v) is 11.0. The molecule has 1 saturated heterocycles. The van der Waals surface area contributed by atoms with Gasteiger partial charge in [0, 0.05) is 12.6 Å². The zero-order valence-electron chi connectivity index (χ0n) is 9.41. The molecule has 16 heavy (non-hydrogen) atoms. The highest BCUT2D eigenvalue weighted by atomic mass is 79.9. The van der Waals surface area contributed by atoms with Gasteiger partial charge >= 0.3 is 0 Å². The van der Waals surface area contributed by atoms with Gasteiger partial charge in [0.25, 0.3) is 5.91 Å². The summed E-state index contributed by atoms with van der Waals surface area (Å²) in [6.45, 7) is 2.98. The average Bonchev–Trinajstić information content (AvgIpc) is 2.56. The smallest absolute Gasteiger partial charge is 0.258 e. The highest BCUT2D eigenvalue weighted by Crippen LogP contribution is 2.23. The number of hydrogen-bond acceptors (Lipinski definition) is 2. The minimum Gasteiger partial charge on any atom is -0.457 e. The summed E-state index contributed by atoms with van der Waals surface area (Å²) in [5, 5.41) is 0.